The SMILES string of the molecule is CCc1cc(C2O[C@@H](n3cnc4c(NCC(c5ccccc5)c5ccccc5)nc(NCCN5CCOCC5)nc43)[C@H](O)[C@@H]2O)on1. The number of rotatable bonds is 12. The predicted molar refractivity (Wildman–Crippen MR) is 175 cm³/mol. The van der Waals surface area contributed by atoms with E-state index in [4.69, 9.17) is 24.0 Å². The molecule has 0 radical (unpaired) electrons. The minimum absolute atomic E-state index is 0.0491. The van der Waals surface area contributed by atoms with Crippen molar-refractivity contribution >= 4 is 22.9 Å². The minimum atomic E-state index is -1.27. The topological polar surface area (TPSA) is 156 Å². The zero-order chi connectivity index (χ0) is 32.2. The Bertz CT molecular complexity index is 1700. The van der Waals surface area contributed by atoms with E-state index in [9.17, 15) is 10.2 Å². The number of imidazole rings is 1. The molecule has 3 aromatic heterocycles. The molecular weight excluding hydrogens is 600 g/mol. The molecule has 0 amide bonds. The summed E-state index contributed by atoms with van der Waals surface area (Å²) >= 11 is 0. The van der Waals surface area contributed by atoms with Crippen LogP contribution in [-0.4, -0.2) is 97.9 Å². The molecule has 2 aromatic carbocycles. The Hall–Kier alpha value is -4.40. The second-order valence-electron chi connectivity index (χ2n) is 11.9. The summed E-state index contributed by atoms with van der Waals surface area (Å²) in [5.74, 6) is 1.37. The fourth-order valence-electron chi connectivity index (χ4n) is 6.21. The van der Waals surface area contributed by atoms with Crippen molar-refractivity contribution in [1.29, 1.82) is 0 Å². The first-order valence-electron chi connectivity index (χ1n) is 16.2. The number of hydrogen-bond acceptors (Lipinski definition) is 12. The maximum atomic E-state index is 11.2. The summed E-state index contributed by atoms with van der Waals surface area (Å²) in [5, 5.41) is 33.1. The molecule has 2 aliphatic rings. The number of aliphatic hydroxyl groups excluding tert-OH is 2. The van der Waals surface area contributed by atoms with E-state index in [0.29, 0.717) is 48.2 Å². The van der Waals surface area contributed by atoms with Gasteiger partial charge < -0.3 is 34.8 Å². The first kappa shape index (κ1) is 31.2. The van der Waals surface area contributed by atoms with Gasteiger partial charge in [-0.1, -0.05) is 72.7 Å². The van der Waals surface area contributed by atoms with Gasteiger partial charge in [0.15, 0.2) is 29.0 Å². The Morgan fingerprint density at radius 2 is 1.66 bits per heavy atom. The molecule has 5 heterocycles. The fraction of sp³-hybridized carbons (Fsp3) is 0.412. The summed E-state index contributed by atoms with van der Waals surface area (Å²) in [5.41, 5.74) is 4.06. The zero-order valence-electron chi connectivity index (χ0n) is 26.3. The Morgan fingerprint density at radius 3 is 2.34 bits per heavy atom. The van der Waals surface area contributed by atoms with E-state index in [-0.39, 0.29) is 5.92 Å². The van der Waals surface area contributed by atoms with E-state index in [2.05, 4.69) is 49.9 Å². The molecule has 0 saturated carbocycles. The molecule has 2 saturated heterocycles. The number of ether oxygens (including phenoxy) is 2. The highest BCUT2D eigenvalue weighted by atomic mass is 16.6. The largest absolute Gasteiger partial charge is 0.387 e. The number of nitrogens with zero attached hydrogens (tertiary/aromatic N) is 6. The van der Waals surface area contributed by atoms with Gasteiger partial charge in [-0.2, -0.15) is 9.97 Å². The highest BCUT2D eigenvalue weighted by Crippen LogP contribution is 2.40. The molecule has 13 heteroatoms. The van der Waals surface area contributed by atoms with Crippen LogP contribution in [-0.2, 0) is 15.9 Å². The van der Waals surface area contributed by atoms with Crippen LogP contribution >= 0.6 is 0 Å². The number of benzene rings is 2. The first-order valence-corrected chi connectivity index (χ1v) is 16.2. The molecule has 4 N–H and O–H groups in total. The Kier molecular flexibility index (Phi) is 9.40. The van der Waals surface area contributed by atoms with Gasteiger partial charge in [-0.25, -0.2) is 4.98 Å². The molecule has 0 spiro atoms. The smallest absolute Gasteiger partial charge is 0.226 e. The molecule has 2 fully saturated rings. The van der Waals surface area contributed by atoms with Crippen LogP contribution in [0.15, 0.2) is 77.6 Å². The van der Waals surface area contributed by atoms with Crippen molar-refractivity contribution in [2.75, 3.05) is 56.6 Å². The van der Waals surface area contributed by atoms with Gasteiger partial charge in [0.2, 0.25) is 5.95 Å². The summed E-state index contributed by atoms with van der Waals surface area (Å²) in [4.78, 5) is 16.7. The minimum Gasteiger partial charge on any atom is -0.387 e. The number of morpholine rings is 1. The third kappa shape index (κ3) is 6.71. The van der Waals surface area contributed by atoms with Gasteiger partial charge in [0.05, 0.1) is 25.2 Å². The number of fused-ring (bicyclic) bond motifs is 1. The summed E-state index contributed by atoms with van der Waals surface area (Å²) in [6, 6.07) is 22.5. The molecule has 246 valence electrons. The van der Waals surface area contributed by atoms with E-state index >= 15 is 0 Å². The van der Waals surface area contributed by atoms with Crippen LogP contribution in [0.3, 0.4) is 0 Å². The maximum absolute atomic E-state index is 11.2. The van der Waals surface area contributed by atoms with Crippen LogP contribution in [0.2, 0.25) is 0 Å². The molecule has 47 heavy (non-hydrogen) atoms. The van der Waals surface area contributed by atoms with E-state index in [1.165, 1.54) is 11.1 Å². The van der Waals surface area contributed by atoms with Gasteiger partial charge in [0.1, 0.15) is 18.3 Å². The lowest BCUT2D eigenvalue weighted by atomic mass is 9.91. The van der Waals surface area contributed by atoms with E-state index < -0.39 is 24.5 Å². The van der Waals surface area contributed by atoms with Crippen LogP contribution in [0.4, 0.5) is 11.8 Å². The van der Waals surface area contributed by atoms with Gasteiger partial charge >= 0.3 is 0 Å². The predicted octanol–water partition coefficient (Wildman–Crippen LogP) is 3.36. The van der Waals surface area contributed by atoms with Gasteiger partial charge in [-0.3, -0.25) is 9.47 Å². The third-order valence-corrected chi connectivity index (χ3v) is 8.85. The molecule has 2 aliphatic heterocycles. The third-order valence-electron chi connectivity index (χ3n) is 8.85. The normalized spacial score (nSPS) is 21.9. The Labute approximate surface area is 272 Å². The van der Waals surface area contributed by atoms with Gasteiger partial charge in [0, 0.05) is 44.7 Å². The molecule has 7 rings (SSSR count). The van der Waals surface area contributed by atoms with Crippen molar-refractivity contribution in [3.8, 4) is 0 Å². The summed E-state index contributed by atoms with van der Waals surface area (Å²) in [6.45, 7) is 7.17. The van der Waals surface area contributed by atoms with Crippen molar-refractivity contribution in [3.63, 3.8) is 0 Å². The lowest BCUT2D eigenvalue weighted by Gasteiger charge is -2.26. The van der Waals surface area contributed by atoms with Crippen molar-refractivity contribution in [2.24, 2.45) is 0 Å². The number of aryl methyl sites for hydroxylation is 1. The number of nitrogens with one attached hydrogen (secondary N) is 2. The number of aromatic nitrogens is 5. The highest BCUT2D eigenvalue weighted by molar-refractivity contribution is 5.84. The van der Waals surface area contributed by atoms with E-state index in [1.54, 1.807) is 17.0 Å². The van der Waals surface area contributed by atoms with Gasteiger partial charge in [-0.05, 0) is 17.5 Å². The number of aliphatic hydroxyl groups is 2. The second-order valence-corrected chi connectivity index (χ2v) is 11.9. The molecule has 1 unspecified atom stereocenters. The average molecular weight is 641 g/mol. The second kappa shape index (κ2) is 14.2. The van der Waals surface area contributed by atoms with Crippen molar-refractivity contribution in [3.05, 3.63) is 95.6 Å². The Morgan fingerprint density at radius 1 is 0.936 bits per heavy atom. The molecule has 0 aliphatic carbocycles. The first-order chi connectivity index (χ1) is 23.1. The monoisotopic (exact) mass is 640 g/mol. The summed E-state index contributed by atoms with van der Waals surface area (Å²) in [7, 11) is 0. The average Bonchev–Trinajstić information content (AvgIpc) is 3.84. The van der Waals surface area contributed by atoms with E-state index in [0.717, 1.165) is 38.5 Å². The van der Waals surface area contributed by atoms with Crippen LogP contribution in [0.5, 0.6) is 0 Å². The highest BCUT2D eigenvalue weighted by Gasteiger charge is 2.47. The number of anilines is 2. The molecule has 5 aromatic rings. The molecule has 13 nitrogen and oxygen atoms in total. The molecule has 4 atom stereocenters. The number of hydrogen-bond donors (Lipinski definition) is 4. The lowest BCUT2D eigenvalue weighted by molar-refractivity contribution is -0.0434. The van der Waals surface area contributed by atoms with Crippen LogP contribution < -0.4 is 10.6 Å². The standard InChI is InChI=1S/C34H40N8O5/c1-2-24-19-26(47-40-24)30-28(43)29(44)33(46-30)42-21-37-27-31(38-34(39-32(27)42)35-13-14-41-15-17-45-18-16-41)36-20-25(22-9-5-3-6-10-22)23-11-7-4-8-12-23/h3-12,19,21,25,28-30,33,43-44H,2,13-18,20H2,1H3,(H2,35,36,38,39)/t28-,29+,30?,33+/m0/s1. The van der Waals surface area contributed by atoms with Crippen molar-refractivity contribution in [2.45, 2.75) is 43.8 Å². The van der Waals surface area contributed by atoms with Crippen molar-refractivity contribution in [1.82, 2.24) is 29.6 Å². The zero-order valence-corrected chi connectivity index (χ0v) is 26.3. The quantitative estimate of drug-likeness (QED) is 0.158. The summed E-state index contributed by atoms with van der Waals surface area (Å²) < 4.78 is 18.8. The Balaban J connectivity index is 1.19. The summed E-state index contributed by atoms with van der Waals surface area (Å²) in [6.07, 6.45) is -2.14. The lowest BCUT2D eigenvalue weighted by Crippen LogP contribution is -2.39. The van der Waals surface area contributed by atoms with E-state index in [1.807, 2.05) is 43.3 Å². The van der Waals surface area contributed by atoms with Gasteiger partial charge in [-0.15, -0.1) is 0 Å². The van der Waals surface area contributed by atoms with Crippen LogP contribution in [0.1, 0.15) is 47.8 Å². The molecular formula is C34H40N8O5. The van der Waals surface area contributed by atoms with Crippen LogP contribution in [0.25, 0.3) is 11.2 Å². The van der Waals surface area contributed by atoms with Crippen molar-refractivity contribution < 1.29 is 24.2 Å². The van der Waals surface area contributed by atoms with Gasteiger partial charge in [0.25, 0.3) is 0 Å². The fourth-order valence-corrected chi connectivity index (χ4v) is 6.21. The maximum Gasteiger partial charge on any atom is 0.226 e. The van der Waals surface area contributed by atoms with Crippen LogP contribution in [0, 0.1) is 0 Å². The molecule has 0 bridgehead atoms.